The molecule has 0 fully saturated rings. The Morgan fingerprint density at radius 2 is 1.07 bits per heavy atom. The number of nitrogens with zero attached hydrogens (tertiary/aromatic N) is 1. The summed E-state index contributed by atoms with van der Waals surface area (Å²) in [5.41, 5.74) is 7.50. The third kappa shape index (κ3) is 11.6. The summed E-state index contributed by atoms with van der Waals surface area (Å²) >= 11 is 0. The van der Waals surface area contributed by atoms with Crippen LogP contribution in [0.25, 0.3) is 10.9 Å². The number of rotatable bonds is 6. The zero-order valence-corrected chi connectivity index (χ0v) is 36.8. The predicted molar refractivity (Wildman–Crippen MR) is 196 cm³/mol. The molecule has 0 aliphatic carbocycles. The number of hydrogen-bond donors (Lipinski definition) is 0. The quantitative estimate of drug-likeness (QED) is 0.172. The maximum Gasteiger partial charge on any atom is 0.0643 e. The van der Waals surface area contributed by atoms with E-state index >= 15 is 0 Å². The first-order chi connectivity index (χ1) is 16.6. The van der Waals surface area contributed by atoms with Crippen LogP contribution in [0, 0.1) is 68.8 Å². The van der Waals surface area contributed by atoms with Crippen LogP contribution in [-0.4, -0.2) is 56.0 Å². The van der Waals surface area contributed by atoms with Crippen molar-refractivity contribution in [3.05, 3.63) is 83.1 Å². The van der Waals surface area contributed by atoms with Crippen molar-refractivity contribution >= 4 is 62.3 Å². The molecule has 3 aromatic rings. The van der Waals surface area contributed by atoms with Crippen LogP contribution in [0.15, 0.2) is 49.0 Å². The van der Waals surface area contributed by atoms with Gasteiger partial charge in [-0.3, -0.25) is 6.58 Å². The van der Waals surface area contributed by atoms with E-state index in [1.807, 2.05) is 27.7 Å². The van der Waals surface area contributed by atoms with Gasteiger partial charge in [-0.05, 0) is 68.7 Å². The molecule has 43 heavy (non-hydrogen) atoms. The van der Waals surface area contributed by atoms with Crippen LogP contribution in [-0.2, 0) is 29.5 Å². The van der Waals surface area contributed by atoms with E-state index in [4.69, 9.17) is 0 Å². The summed E-state index contributed by atoms with van der Waals surface area (Å²) in [5, 5.41) is 1.36. The molecule has 0 unspecified atom stereocenters. The van der Waals surface area contributed by atoms with Gasteiger partial charge in [-0.15, -0.1) is 0 Å². The summed E-state index contributed by atoms with van der Waals surface area (Å²) in [5.74, 6) is 0. The zero-order chi connectivity index (χ0) is 28.3. The smallest absolute Gasteiger partial charge is 0.0643 e. The zero-order valence-electron chi connectivity index (χ0n) is 28.1. The Morgan fingerprint density at radius 3 is 1.47 bits per heavy atom. The van der Waals surface area contributed by atoms with Crippen molar-refractivity contribution in [2.45, 2.75) is 145 Å². The molecule has 1 nitrogen and oxygen atoms in total. The van der Waals surface area contributed by atoms with Gasteiger partial charge in [0.2, 0.25) is 0 Å². The van der Waals surface area contributed by atoms with Crippen molar-refractivity contribution in [1.82, 2.24) is 4.57 Å². The minimum absolute atomic E-state index is 0. The third-order valence-electron chi connectivity index (χ3n) is 8.87. The summed E-state index contributed by atoms with van der Waals surface area (Å²) in [6.07, 6.45) is 3.35. The van der Waals surface area contributed by atoms with E-state index in [1.165, 1.54) is 38.9 Å². The van der Waals surface area contributed by atoms with E-state index in [2.05, 4.69) is 136 Å². The molecule has 0 aliphatic rings. The van der Waals surface area contributed by atoms with Crippen LogP contribution < -0.4 is 0 Å². The van der Waals surface area contributed by atoms with Crippen molar-refractivity contribution in [3.63, 3.8) is 0 Å². The van der Waals surface area contributed by atoms with Gasteiger partial charge in [-0.2, -0.15) is 5.41 Å². The molecule has 2 aromatic carbocycles. The first-order valence-electron chi connectivity index (χ1n) is 13.8. The molecular weight excluding hydrogens is 811 g/mol. The van der Waals surface area contributed by atoms with E-state index in [9.17, 15) is 0 Å². The molecule has 1 heterocycles. The molecule has 3 rings (SSSR count). The minimum atomic E-state index is -0.177. The van der Waals surface area contributed by atoms with E-state index in [-0.39, 0.29) is 153 Å². The van der Waals surface area contributed by atoms with Crippen LogP contribution in [0.2, 0.25) is 0 Å². The van der Waals surface area contributed by atoms with Crippen molar-refractivity contribution in [2.24, 2.45) is 10.8 Å². The standard InChI is InChI=1S/C31H42N.2C2H6.4CH4.K.U.V/c1-13-28(5,6)31(11,12)29(7,8)27-23(4)32(26-19-16-22(3)20-25(26)27)30(9,10)24-17-14-21(2)15-18-24;2*1-2;;;;;;;/h14-20H,1H2,2-12H3;2*1-2H3;4*1H4;;;/q-1;;;;;;;;;. The van der Waals surface area contributed by atoms with Gasteiger partial charge in [0, 0.05) is 118 Å². The van der Waals surface area contributed by atoms with Crippen LogP contribution in [0.4, 0.5) is 0 Å². The summed E-state index contributed by atoms with van der Waals surface area (Å²) in [4.78, 5) is 0. The van der Waals surface area contributed by atoms with Crippen molar-refractivity contribution < 1.29 is 49.7 Å². The molecule has 0 bridgehead atoms. The van der Waals surface area contributed by atoms with Gasteiger partial charge in [0.1, 0.15) is 0 Å². The number of aryl methyl sites for hydroxylation is 2. The van der Waals surface area contributed by atoms with Crippen LogP contribution in [0.5, 0.6) is 0 Å². The molecular formula is C39H70KNUV-. The van der Waals surface area contributed by atoms with Gasteiger partial charge in [0.05, 0.1) is 5.54 Å². The maximum atomic E-state index is 4.07. The summed E-state index contributed by atoms with van der Waals surface area (Å²) < 4.78 is 2.56. The number of hydrogen-bond acceptors (Lipinski definition) is 0. The molecule has 4 heteroatoms. The fourth-order valence-corrected chi connectivity index (χ4v) is 5.45. The predicted octanol–water partition coefficient (Wildman–Crippen LogP) is 12.9. The second-order valence-corrected chi connectivity index (χ2v) is 11.8. The van der Waals surface area contributed by atoms with Crippen molar-refractivity contribution in [3.8, 4) is 0 Å². The molecule has 0 amide bonds. The van der Waals surface area contributed by atoms with E-state index < -0.39 is 0 Å². The van der Waals surface area contributed by atoms with Crippen molar-refractivity contribution in [1.29, 1.82) is 0 Å². The average Bonchev–Trinajstić information content (AvgIpc) is 3.13. The van der Waals surface area contributed by atoms with Gasteiger partial charge in [0.25, 0.3) is 0 Å². The van der Waals surface area contributed by atoms with Crippen LogP contribution in [0.1, 0.15) is 141 Å². The number of fused-ring (bicyclic) bond motifs is 1. The first-order valence-corrected chi connectivity index (χ1v) is 13.8. The Bertz CT molecular complexity index is 1170. The van der Waals surface area contributed by atoms with E-state index in [1.54, 1.807) is 0 Å². The normalized spacial score (nSPS) is 10.4. The molecule has 1 aromatic heterocycles. The van der Waals surface area contributed by atoms with Gasteiger partial charge < -0.3 is 10.6 Å². The minimum Gasteiger partial charge on any atom is -0.498 e. The van der Waals surface area contributed by atoms with E-state index in [0.717, 1.165) is 0 Å². The van der Waals surface area contributed by atoms with Crippen LogP contribution >= 0.6 is 0 Å². The van der Waals surface area contributed by atoms with Gasteiger partial charge in [-0.1, -0.05) is 140 Å². The Hall–Kier alpha value is 0.993. The second-order valence-electron chi connectivity index (χ2n) is 11.8. The Balaban J connectivity index is -0.000000226. The Morgan fingerprint density at radius 1 is 0.674 bits per heavy atom. The molecule has 0 spiro atoms. The number of benzene rings is 2. The van der Waals surface area contributed by atoms with E-state index in [0.29, 0.717) is 0 Å². The first kappa shape index (κ1) is 59.4. The van der Waals surface area contributed by atoms with Gasteiger partial charge in [-0.25, -0.2) is 0 Å². The average molecular weight is 881 g/mol. The Kier molecular flexibility index (Phi) is 32.3. The largest absolute Gasteiger partial charge is 0.498 e. The SMILES string of the molecule is C.C.C.C.C=[C-]C(C)(C)C(C)(C)C(C)(C)c1c(C)n(C(C)(C)c2ccc(C)cc2)c2ccc(C)cc12.CC.CC.[K].[U].[V]. The molecule has 0 aliphatic heterocycles. The van der Waals surface area contributed by atoms with Gasteiger partial charge in [0.15, 0.2) is 0 Å². The number of allylic oxidation sites excluding steroid dienone is 1. The van der Waals surface area contributed by atoms with Crippen LogP contribution in [0.3, 0.4) is 0 Å². The summed E-state index contributed by atoms with van der Waals surface area (Å²) in [6, 6.07) is 15.9. The number of aromatic nitrogens is 1. The molecule has 0 atom stereocenters. The molecule has 0 saturated carbocycles. The molecule has 0 saturated heterocycles. The van der Waals surface area contributed by atoms with Crippen molar-refractivity contribution in [2.75, 3.05) is 0 Å². The summed E-state index contributed by atoms with van der Waals surface area (Å²) in [7, 11) is 0. The monoisotopic (exact) mass is 881 g/mol. The third-order valence-corrected chi connectivity index (χ3v) is 8.87. The summed E-state index contributed by atoms with van der Waals surface area (Å²) in [6.45, 7) is 37.5. The molecule has 2 radical (unpaired) electrons. The maximum absolute atomic E-state index is 4.07. The topological polar surface area (TPSA) is 4.93 Å². The van der Waals surface area contributed by atoms with Gasteiger partial charge >= 0.3 is 0 Å². The fraction of sp³-hybridized carbons (Fsp3) is 0.590. The fourth-order valence-electron chi connectivity index (χ4n) is 5.45. The molecule has 0 N–H and O–H groups in total. The second kappa shape index (κ2) is 23.3. The molecule has 242 valence electrons. The Labute approximate surface area is 350 Å².